The van der Waals surface area contributed by atoms with E-state index in [0.29, 0.717) is 5.70 Å². The Morgan fingerprint density at radius 2 is 1.76 bits per heavy atom. The number of nitrogens with two attached hydrogens (primary N) is 1. The largest absolute Gasteiger partial charge is 0.399 e. The van der Waals surface area contributed by atoms with E-state index >= 15 is 0 Å². The van der Waals surface area contributed by atoms with E-state index in [1.807, 2.05) is 32.9 Å². The number of nitrogens with zero attached hydrogens (tertiary/aromatic N) is 1. The summed E-state index contributed by atoms with van der Waals surface area (Å²) in [5.41, 5.74) is 11.5. The Bertz CT molecular complexity index is 493. The molecule has 2 heteroatoms. The number of aryl methyl sites for hydroxylation is 1. The molecule has 0 aromatic heterocycles. The lowest BCUT2D eigenvalue weighted by Gasteiger charge is -2.07. The molecule has 0 fully saturated rings. The summed E-state index contributed by atoms with van der Waals surface area (Å²) < 4.78 is 0. The van der Waals surface area contributed by atoms with Gasteiger partial charge in [0.1, 0.15) is 0 Å². The van der Waals surface area contributed by atoms with Gasteiger partial charge in [-0.1, -0.05) is 30.8 Å². The van der Waals surface area contributed by atoms with Crippen LogP contribution in [0.3, 0.4) is 0 Å². The van der Waals surface area contributed by atoms with Crippen LogP contribution in [0.2, 0.25) is 0 Å². The van der Waals surface area contributed by atoms with Gasteiger partial charge in [-0.3, -0.25) is 4.99 Å². The number of hydrogen-bond donors (Lipinski definition) is 1. The van der Waals surface area contributed by atoms with Crippen LogP contribution in [0.15, 0.2) is 52.8 Å². The molecule has 0 unspecified atom stereocenters. The van der Waals surface area contributed by atoms with Crippen LogP contribution in [0.1, 0.15) is 31.9 Å². The Labute approximate surface area is 104 Å². The van der Waals surface area contributed by atoms with E-state index in [9.17, 15) is 0 Å². The molecular formula is C15H20N2. The van der Waals surface area contributed by atoms with E-state index in [4.69, 9.17) is 5.73 Å². The summed E-state index contributed by atoms with van der Waals surface area (Å²) in [5, 5.41) is 0. The summed E-state index contributed by atoms with van der Waals surface area (Å²) in [6.07, 6.45) is 0. The monoisotopic (exact) mass is 228 g/mol. The van der Waals surface area contributed by atoms with Crippen molar-refractivity contribution >= 4 is 5.71 Å². The zero-order chi connectivity index (χ0) is 13.0. The molecule has 0 amide bonds. The molecule has 0 saturated carbocycles. The zero-order valence-corrected chi connectivity index (χ0v) is 11.0. The van der Waals surface area contributed by atoms with Crippen LogP contribution in [0, 0.1) is 6.92 Å². The molecule has 0 aliphatic rings. The van der Waals surface area contributed by atoms with E-state index in [1.165, 1.54) is 11.1 Å². The summed E-state index contributed by atoms with van der Waals surface area (Å²) in [4.78, 5) is 4.58. The summed E-state index contributed by atoms with van der Waals surface area (Å²) >= 11 is 0. The van der Waals surface area contributed by atoms with Crippen molar-refractivity contribution in [2.45, 2.75) is 27.7 Å². The van der Waals surface area contributed by atoms with Gasteiger partial charge in [0.2, 0.25) is 0 Å². The number of hydrogen-bond acceptors (Lipinski definition) is 2. The third-order valence-electron chi connectivity index (χ3n) is 2.89. The average molecular weight is 228 g/mol. The molecular weight excluding hydrogens is 208 g/mol. The molecule has 17 heavy (non-hydrogen) atoms. The maximum absolute atomic E-state index is 5.66. The molecule has 0 radical (unpaired) electrons. The highest BCUT2D eigenvalue weighted by molar-refractivity contribution is 6.00. The van der Waals surface area contributed by atoms with Crippen LogP contribution < -0.4 is 5.73 Å². The van der Waals surface area contributed by atoms with Gasteiger partial charge in [0.15, 0.2) is 0 Å². The second-order valence-electron chi connectivity index (χ2n) is 4.25. The minimum absolute atomic E-state index is 0.573. The highest BCUT2D eigenvalue weighted by Gasteiger charge is 2.02. The lowest BCUT2D eigenvalue weighted by atomic mass is 10.1. The maximum Gasteiger partial charge on any atom is 0.0450 e. The van der Waals surface area contributed by atoms with Gasteiger partial charge >= 0.3 is 0 Å². The van der Waals surface area contributed by atoms with Crippen molar-refractivity contribution in [3.05, 3.63) is 58.9 Å². The Balaban J connectivity index is 3.14. The number of allylic oxidation sites excluding steroid dienone is 2. The molecule has 0 aliphatic heterocycles. The van der Waals surface area contributed by atoms with Crippen molar-refractivity contribution in [1.82, 2.24) is 0 Å². The summed E-state index contributed by atoms with van der Waals surface area (Å²) in [6.45, 7) is 11.7. The molecule has 0 spiro atoms. The first kappa shape index (κ1) is 13.2. The van der Waals surface area contributed by atoms with Crippen molar-refractivity contribution in [1.29, 1.82) is 0 Å². The predicted molar refractivity (Wildman–Crippen MR) is 75.1 cm³/mol. The van der Waals surface area contributed by atoms with E-state index < -0.39 is 0 Å². The molecule has 1 aromatic carbocycles. The topological polar surface area (TPSA) is 38.4 Å². The Morgan fingerprint density at radius 3 is 2.29 bits per heavy atom. The second kappa shape index (κ2) is 5.48. The number of rotatable bonds is 3. The van der Waals surface area contributed by atoms with Gasteiger partial charge in [0.05, 0.1) is 0 Å². The summed E-state index contributed by atoms with van der Waals surface area (Å²) in [7, 11) is 0. The Hall–Kier alpha value is -1.83. The first-order valence-corrected chi connectivity index (χ1v) is 5.67. The van der Waals surface area contributed by atoms with Crippen molar-refractivity contribution in [2.75, 3.05) is 0 Å². The lowest BCUT2D eigenvalue weighted by molar-refractivity contribution is 1.17. The Kier molecular flexibility index (Phi) is 4.27. The van der Waals surface area contributed by atoms with Crippen molar-refractivity contribution < 1.29 is 0 Å². The van der Waals surface area contributed by atoms with E-state index in [-0.39, 0.29) is 0 Å². The van der Waals surface area contributed by atoms with Crippen molar-refractivity contribution in [3.8, 4) is 0 Å². The molecule has 0 atom stereocenters. The number of benzene rings is 1. The van der Waals surface area contributed by atoms with Crippen molar-refractivity contribution in [3.63, 3.8) is 0 Å². The minimum Gasteiger partial charge on any atom is -0.399 e. The minimum atomic E-state index is 0.573. The third-order valence-corrected chi connectivity index (χ3v) is 2.89. The van der Waals surface area contributed by atoms with Gasteiger partial charge in [-0.25, -0.2) is 0 Å². The van der Waals surface area contributed by atoms with Crippen LogP contribution >= 0.6 is 0 Å². The fraction of sp³-hybridized carbons (Fsp3) is 0.267. The molecule has 0 bridgehead atoms. The maximum atomic E-state index is 5.66. The van der Waals surface area contributed by atoms with Gasteiger partial charge < -0.3 is 5.73 Å². The normalized spacial score (nSPS) is 13.3. The van der Waals surface area contributed by atoms with Crippen molar-refractivity contribution in [2.24, 2.45) is 10.7 Å². The van der Waals surface area contributed by atoms with E-state index in [0.717, 1.165) is 17.0 Å². The molecule has 0 saturated heterocycles. The fourth-order valence-corrected chi connectivity index (χ4v) is 1.61. The van der Waals surface area contributed by atoms with Crippen LogP contribution in [0.4, 0.5) is 0 Å². The lowest BCUT2D eigenvalue weighted by Crippen LogP contribution is -2.01. The molecule has 1 rings (SSSR count). The van der Waals surface area contributed by atoms with Crippen LogP contribution in [0.25, 0.3) is 0 Å². The predicted octanol–water partition coefficient (Wildman–Crippen LogP) is 3.57. The van der Waals surface area contributed by atoms with Gasteiger partial charge in [-0.05, 0) is 44.4 Å². The first-order chi connectivity index (χ1) is 7.93. The third kappa shape index (κ3) is 3.31. The summed E-state index contributed by atoms with van der Waals surface area (Å²) in [6, 6.07) is 8.22. The SMILES string of the molecule is C=C(N)/C(C)=C(C)\N=C(/C)c1ccccc1C. The highest BCUT2D eigenvalue weighted by Crippen LogP contribution is 2.14. The van der Waals surface area contributed by atoms with Crippen LogP contribution in [0.5, 0.6) is 0 Å². The van der Waals surface area contributed by atoms with Gasteiger partial charge in [-0.15, -0.1) is 0 Å². The van der Waals surface area contributed by atoms with Gasteiger partial charge in [0.25, 0.3) is 0 Å². The average Bonchev–Trinajstić information content (AvgIpc) is 2.28. The molecule has 90 valence electrons. The van der Waals surface area contributed by atoms with Gasteiger partial charge in [0, 0.05) is 17.1 Å². The highest BCUT2D eigenvalue weighted by atomic mass is 14.8. The Morgan fingerprint density at radius 1 is 1.18 bits per heavy atom. The molecule has 0 heterocycles. The zero-order valence-electron chi connectivity index (χ0n) is 11.0. The van der Waals surface area contributed by atoms with E-state index in [2.05, 4.69) is 30.6 Å². The fourth-order valence-electron chi connectivity index (χ4n) is 1.61. The number of aliphatic imine (C=N–C) groups is 1. The summed E-state index contributed by atoms with van der Waals surface area (Å²) in [5.74, 6) is 0. The first-order valence-electron chi connectivity index (χ1n) is 5.67. The van der Waals surface area contributed by atoms with Crippen LogP contribution in [-0.2, 0) is 0 Å². The molecule has 0 aliphatic carbocycles. The van der Waals surface area contributed by atoms with Crippen LogP contribution in [-0.4, -0.2) is 5.71 Å². The smallest absolute Gasteiger partial charge is 0.0450 e. The second-order valence-corrected chi connectivity index (χ2v) is 4.25. The molecule has 2 nitrogen and oxygen atoms in total. The quantitative estimate of drug-likeness (QED) is 0.623. The molecule has 1 aromatic rings. The molecule has 2 N–H and O–H groups in total. The van der Waals surface area contributed by atoms with Gasteiger partial charge in [-0.2, -0.15) is 0 Å². The standard InChI is InChI=1S/C15H20N2/c1-10-8-6-7-9-15(10)14(5)17-13(4)11(2)12(3)16/h6-9H,3,16H2,1-2,4-5H3/b13-11-,17-14+. The van der Waals surface area contributed by atoms with E-state index in [1.54, 1.807) is 0 Å².